The molecule has 1 saturated heterocycles. The number of fused-ring (bicyclic) bond motifs is 1. The number of rotatable bonds is 1. The average molecular weight is 206 g/mol. The third-order valence-electron chi connectivity index (χ3n) is 3.57. The second kappa shape index (κ2) is 3.97. The Bertz CT molecular complexity index is 316. The lowest BCUT2D eigenvalue weighted by Gasteiger charge is -2.19. The van der Waals surface area contributed by atoms with Crippen LogP contribution in [0.3, 0.4) is 0 Å². The minimum atomic E-state index is 0.650. The van der Waals surface area contributed by atoms with Gasteiger partial charge in [0.15, 0.2) is 0 Å². The average Bonchev–Trinajstić information content (AvgIpc) is 2.74. The normalized spacial score (nSPS) is 22.7. The molecule has 0 atom stereocenters. The fraction of sp³-hybridized carbons (Fsp3) is 0.750. The van der Waals surface area contributed by atoms with Crippen LogP contribution in [0.2, 0.25) is 0 Å². The van der Waals surface area contributed by atoms with E-state index in [1.54, 1.807) is 0 Å². The van der Waals surface area contributed by atoms with Crippen LogP contribution in [-0.2, 0) is 17.7 Å². The van der Waals surface area contributed by atoms with Gasteiger partial charge in [-0.1, -0.05) is 0 Å². The van der Waals surface area contributed by atoms with Gasteiger partial charge in [-0.3, -0.25) is 0 Å². The van der Waals surface area contributed by atoms with Crippen LogP contribution in [0.4, 0.5) is 0 Å². The van der Waals surface area contributed by atoms with Crippen molar-refractivity contribution >= 4 is 0 Å². The molecule has 0 amide bonds. The van der Waals surface area contributed by atoms with Gasteiger partial charge in [-0.15, -0.1) is 0 Å². The first kappa shape index (κ1) is 9.40. The standard InChI is InChI=1S/C12H18N2O/c1-2-6-14-9-11(13-12(14)3-1)10-4-7-15-8-5-10/h9-10H,1-8H2. The van der Waals surface area contributed by atoms with E-state index in [0.717, 1.165) is 26.1 Å². The van der Waals surface area contributed by atoms with Gasteiger partial charge in [-0.2, -0.15) is 0 Å². The van der Waals surface area contributed by atoms with E-state index < -0.39 is 0 Å². The van der Waals surface area contributed by atoms with Gasteiger partial charge in [0.2, 0.25) is 0 Å². The van der Waals surface area contributed by atoms with Crippen molar-refractivity contribution in [1.82, 2.24) is 9.55 Å². The summed E-state index contributed by atoms with van der Waals surface area (Å²) in [4.78, 5) is 4.78. The smallest absolute Gasteiger partial charge is 0.108 e. The lowest BCUT2D eigenvalue weighted by Crippen LogP contribution is -2.14. The molecule has 1 fully saturated rings. The number of nitrogens with zero attached hydrogens (tertiary/aromatic N) is 2. The molecule has 0 aliphatic carbocycles. The summed E-state index contributed by atoms with van der Waals surface area (Å²) in [6.07, 6.45) is 8.38. The Morgan fingerprint density at radius 1 is 1.27 bits per heavy atom. The van der Waals surface area contributed by atoms with E-state index in [0.29, 0.717) is 5.92 Å². The topological polar surface area (TPSA) is 27.1 Å². The molecule has 2 aliphatic rings. The second-order valence-corrected chi connectivity index (χ2v) is 4.62. The van der Waals surface area contributed by atoms with Crippen LogP contribution < -0.4 is 0 Å². The zero-order valence-corrected chi connectivity index (χ0v) is 9.11. The van der Waals surface area contributed by atoms with Crippen molar-refractivity contribution in [2.45, 2.75) is 44.6 Å². The van der Waals surface area contributed by atoms with Gasteiger partial charge < -0.3 is 9.30 Å². The molecule has 15 heavy (non-hydrogen) atoms. The molecular weight excluding hydrogens is 188 g/mol. The summed E-state index contributed by atoms with van der Waals surface area (Å²) in [6.45, 7) is 2.99. The van der Waals surface area contributed by atoms with Crippen molar-refractivity contribution < 1.29 is 4.74 Å². The van der Waals surface area contributed by atoms with E-state index in [2.05, 4.69) is 10.8 Å². The van der Waals surface area contributed by atoms with Gasteiger partial charge in [0.25, 0.3) is 0 Å². The van der Waals surface area contributed by atoms with Gasteiger partial charge in [-0.25, -0.2) is 4.98 Å². The molecule has 3 nitrogen and oxygen atoms in total. The first-order valence-corrected chi connectivity index (χ1v) is 6.07. The van der Waals surface area contributed by atoms with Crippen LogP contribution in [0.15, 0.2) is 6.20 Å². The molecule has 1 aromatic rings. The molecule has 0 bridgehead atoms. The monoisotopic (exact) mass is 206 g/mol. The van der Waals surface area contributed by atoms with Gasteiger partial charge in [0.1, 0.15) is 5.82 Å². The Morgan fingerprint density at radius 2 is 2.13 bits per heavy atom. The van der Waals surface area contributed by atoms with E-state index in [4.69, 9.17) is 9.72 Å². The Hall–Kier alpha value is -0.830. The van der Waals surface area contributed by atoms with Gasteiger partial charge in [-0.05, 0) is 25.7 Å². The minimum Gasteiger partial charge on any atom is -0.381 e. The lowest BCUT2D eigenvalue weighted by atomic mass is 9.97. The molecule has 0 spiro atoms. The molecule has 3 heteroatoms. The third-order valence-corrected chi connectivity index (χ3v) is 3.57. The fourth-order valence-electron chi connectivity index (χ4n) is 2.62. The first-order valence-electron chi connectivity index (χ1n) is 6.07. The highest BCUT2D eigenvalue weighted by molar-refractivity contribution is 5.11. The maximum Gasteiger partial charge on any atom is 0.108 e. The quantitative estimate of drug-likeness (QED) is 0.703. The predicted octanol–water partition coefficient (Wildman–Crippen LogP) is 2.11. The molecule has 3 rings (SSSR count). The SMILES string of the molecule is c1c(C2CCOCC2)nc2n1CCCC2. The van der Waals surface area contributed by atoms with Gasteiger partial charge in [0, 0.05) is 38.3 Å². The highest BCUT2D eigenvalue weighted by Crippen LogP contribution is 2.27. The Labute approximate surface area is 90.5 Å². The van der Waals surface area contributed by atoms with Crippen molar-refractivity contribution in [3.05, 3.63) is 17.7 Å². The van der Waals surface area contributed by atoms with E-state index in [9.17, 15) is 0 Å². The maximum atomic E-state index is 5.39. The molecule has 1 aromatic heterocycles. The predicted molar refractivity (Wildman–Crippen MR) is 58.0 cm³/mol. The van der Waals surface area contributed by atoms with Crippen LogP contribution in [0.5, 0.6) is 0 Å². The first-order chi connectivity index (χ1) is 7.43. The van der Waals surface area contributed by atoms with Crippen LogP contribution in [0.1, 0.15) is 43.1 Å². The van der Waals surface area contributed by atoms with E-state index in [-0.39, 0.29) is 0 Å². The van der Waals surface area contributed by atoms with Crippen LogP contribution in [-0.4, -0.2) is 22.8 Å². The molecule has 0 radical (unpaired) electrons. The largest absolute Gasteiger partial charge is 0.381 e. The minimum absolute atomic E-state index is 0.650. The Kier molecular flexibility index (Phi) is 2.49. The van der Waals surface area contributed by atoms with E-state index in [1.807, 2.05) is 0 Å². The van der Waals surface area contributed by atoms with Crippen molar-refractivity contribution in [3.63, 3.8) is 0 Å². The maximum absolute atomic E-state index is 5.39. The third kappa shape index (κ3) is 1.81. The number of imidazole rings is 1. The highest BCUT2D eigenvalue weighted by atomic mass is 16.5. The summed E-state index contributed by atoms with van der Waals surface area (Å²) in [5, 5.41) is 0. The number of ether oxygens (including phenoxy) is 1. The van der Waals surface area contributed by atoms with Crippen LogP contribution in [0, 0.1) is 0 Å². The Balaban J connectivity index is 1.82. The number of aromatic nitrogens is 2. The summed E-state index contributed by atoms with van der Waals surface area (Å²) >= 11 is 0. The zero-order valence-electron chi connectivity index (χ0n) is 9.11. The summed E-state index contributed by atoms with van der Waals surface area (Å²) in [6, 6.07) is 0. The molecule has 0 aromatic carbocycles. The number of hydrogen-bond donors (Lipinski definition) is 0. The van der Waals surface area contributed by atoms with E-state index in [1.165, 1.54) is 37.3 Å². The molecule has 2 aliphatic heterocycles. The zero-order chi connectivity index (χ0) is 10.1. The van der Waals surface area contributed by atoms with Crippen molar-refractivity contribution in [3.8, 4) is 0 Å². The summed E-state index contributed by atoms with van der Waals surface area (Å²) in [5.74, 6) is 1.96. The van der Waals surface area contributed by atoms with Crippen molar-refractivity contribution in [2.75, 3.05) is 13.2 Å². The van der Waals surface area contributed by atoms with Crippen molar-refractivity contribution in [2.24, 2.45) is 0 Å². The van der Waals surface area contributed by atoms with E-state index >= 15 is 0 Å². The summed E-state index contributed by atoms with van der Waals surface area (Å²) < 4.78 is 7.74. The number of hydrogen-bond acceptors (Lipinski definition) is 2. The number of aryl methyl sites for hydroxylation is 2. The second-order valence-electron chi connectivity index (χ2n) is 4.62. The van der Waals surface area contributed by atoms with Gasteiger partial charge >= 0.3 is 0 Å². The van der Waals surface area contributed by atoms with Crippen molar-refractivity contribution in [1.29, 1.82) is 0 Å². The molecule has 0 N–H and O–H groups in total. The summed E-state index contributed by atoms with van der Waals surface area (Å²) in [5.41, 5.74) is 1.32. The van der Waals surface area contributed by atoms with Crippen LogP contribution in [0.25, 0.3) is 0 Å². The molecule has 3 heterocycles. The molecular formula is C12H18N2O. The fourth-order valence-corrected chi connectivity index (χ4v) is 2.62. The molecule has 0 saturated carbocycles. The molecule has 0 unspecified atom stereocenters. The lowest BCUT2D eigenvalue weighted by molar-refractivity contribution is 0.0845. The van der Waals surface area contributed by atoms with Gasteiger partial charge in [0.05, 0.1) is 5.69 Å². The van der Waals surface area contributed by atoms with Crippen LogP contribution >= 0.6 is 0 Å². The summed E-state index contributed by atoms with van der Waals surface area (Å²) in [7, 11) is 0. The highest BCUT2D eigenvalue weighted by Gasteiger charge is 2.21. The molecule has 82 valence electrons. The Morgan fingerprint density at radius 3 is 2.93 bits per heavy atom.